The maximum absolute atomic E-state index is 12.9. The summed E-state index contributed by atoms with van der Waals surface area (Å²) >= 11 is 0. The van der Waals surface area contributed by atoms with Gasteiger partial charge in [0.05, 0.1) is 13.5 Å². The van der Waals surface area contributed by atoms with Crippen LogP contribution in [0.25, 0.3) is 11.1 Å². The number of carboxylic acid groups (broad SMARTS) is 1. The van der Waals surface area contributed by atoms with Gasteiger partial charge >= 0.3 is 30.0 Å². The third-order valence-electron chi connectivity index (χ3n) is 7.37. The summed E-state index contributed by atoms with van der Waals surface area (Å²) in [4.78, 5) is 72.5. The van der Waals surface area contributed by atoms with Gasteiger partial charge in [-0.15, -0.1) is 0 Å². The van der Waals surface area contributed by atoms with Crippen LogP contribution in [0, 0.1) is 0 Å². The number of carbonyl (C=O) groups excluding carboxylic acids is 5. The maximum Gasteiger partial charge on any atom is 0.407 e. The molecular weight excluding hydrogens is 612 g/mol. The molecule has 0 heterocycles. The van der Waals surface area contributed by atoms with Gasteiger partial charge in [0.15, 0.2) is 0 Å². The van der Waals surface area contributed by atoms with E-state index in [1.807, 2.05) is 48.5 Å². The summed E-state index contributed by atoms with van der Waals surface area (Å²) < 4.78 is 20.0. The van der Waals surface area contributed by atoms with Crippen molar-refractivity contribution >= 4 is 41.6 Å². The molecule has 3 atom stereocenters. The quantitative estimate of drug-likeness (QED) is 0.182. The van der Waals surface area contributed by atoms with Crippen LogP contribution in [0.4, 0.5) is 10.5 Å². The van der Waals surface area contributed by atoms with Gasteiger partial charge in [-0.2, -0.15) is 0 Å². The molecular formula is C34H34N2O11. The molecule has 1 aliphatic carbocycles. The number of alkyl carbamates (subject to hydrolysis) is 1. The van der Waals surface area contributed by atoms with Crippen molar-refractivity contribution in [1.29, 1.82) is 0 Å². The number of hydrogen-bond donors (Lipinski definition) is 3. The Kier molecular flexibility index (Phi) is 11.3. The minimum atomic E-state index is -2.07. The zero-order valence-corrected chi connectivity index (χ0v) is 25.9. The molecule has 0 radical (unpaired) electrons. The molecule has 1 aliphatic rings. The second-order valence-corrected chi connectivity index (χ2v) is 10.7. The zero-order valence-electron chi connectivity index (χ0n) is 25.9. The predicted molar refractivity (Wildman–Crippen MR) is 166 cm³/mol. The molecule has 47 heavy (non-hydrogen) atoms. The van der Waals surface area contributed by atoms with Crippen molar-refractivity contribution in [2.75, 3.05) is 19.0 Å². The van der Waals surface area contributed by atoms with E-state index in [-0.39, 0.29) is 31.1 Å². The van der Waals surface area contributed by atoms with E-state index in [9.17, 15) is 33.9 Å². The van der Waals surface area contributed by atoms with Crippen LogP contribution in [0.5, 0.6) is 0 Å². The second kappa shape index (κ2) is 15.5. The van der Waals surface area contributed by atoms with Crippen molar-refractivity contribution in [3.8, 4) is 11.1 Å². The number of carbonyl (C=O) groups is 6. The topological polar surface area (TPSA) is 184 Å². The molecule has 3 aromatic rings. The summed E-state index contributed by atoms with van der Waals surface area (Å²) in [6, 6.07) is 21.4. The van der Waals surface area contributed by atoms with Crippen LogP contribution >= 0.6 is 0 Å². The van der Waals surface area contributed by atoms with Crippen LogP contribution < -0.4 is 10.6 Å². The number of methoxy groups -OCH3 is 1. The summed E-state index contributed by atoms with van der Waals surface area (Å²) in [7, 11) is 1.24. The summed E-state index contributed by atoms with van der Waals surface area (Å²) in [5.74, 6) is -5.36. The number of amides is 2. The van der Waals surface area contributed by atoms with E-state index in [0.717, 1.165) is 36.1 Å². The van der Waals surface area contributed by atoms with Gasteiger partial charge in [0, 0.05) is 31.5 Å². The SMILES string of the molecule is COC(=O)CC(Cc1ccc(NC(=O)[C@H](OC(C)=O)[C@@H](OC(C)=O)C(=O)O)cc1)NC(=O)OCC1c2ccccc2-c2ccccc21. The van der Waals surface area contributed by atoms with Crippen molar-refractivity contribution in [2.45, 2.75) is 50.9 Å². The summed E-state index contributed by atoms with van der Waals surface area (Å²) in [6.07, 6.45) is -4.69. The van der Waals surface area contributed by atoms with Crippen LogP contribution in [0.1, 0.15) is 42.9 Å². The molecule has 0 saturated heterocycles. The number of nitrogens with one attached hydrogen (secondary N) is 2. The lowest BCUT2D eigenvalue weighted by molar-refractivity contribution is -0.179. The Morgan fingerprint density at radius 2 is 1.34 bits per heavy atom. The number of esters is 3. The Morgan fingerprint density at radius 3 is 1.87 bits per heavy atom. The van der Waals surface area contributed by atoms with E-state index in [2.05, 4.69) is 15.4 Å². The molecule has 13 heteroatoms. The molecule has 0 fully saturated rings. The molecule has 246 valence electrons. The van der Waals surface area contributed by atoms with Gasteiger partial charge in [-0.1, -0.05) is 60.7 Å². The highest BCUT2D eigenvalue weighted by Crippen LogP contribution is 2.44. The molecule has 13 nitrogen and oxygen atoms in total. The number of ether oxygens (including phenoxy) is 4. The molecule has 2 amide bonds. The number of benzene rings is 3. The smallest absolute Gasteiger partial charge is 0.407 e. The number of rotatable bonds is 13. The molecule has 3 aromatic carbocycles. The lowest BCUT2D eigenvalue weighted by Gasteiger charge is -2.22. The Bertz CT molecular complexity index is 1610. The molecule has 1 unspecified atom stereocenters. The van der Waals surface area contributed by atoms with Gasteiger partial charge in [-0.05, 0) is 46.4 Å². The Balaban J connectivity index is 1.40. The van der Waals surface area contributed by atoms with E-state index in [4.69, 9.17) is 14.2 Å². The first-order valence-electron chi connectivity index (χ1n) is 14.6. The van der Waals surface area contributed by atoms with Gasteiger partial charge in [0.25, 0.3) is 5.91 Å². The number of fused-ring (bicyclic) bond motifs is 3. The second-order valence-electron chi connectivity index (χ2n) is 10.7. The maximum atomic E-state index is 12.9. The number of aliphatic carboxylic acids is 1. The van der Waals surface area contributed by atoms with E-state index in [0.29, 0.717) is 5.56 Å². The van der Waals surface area contributed by atoms with Gasteiger partial charge in [0.2, 0.25) is 12.2 Å². The van der Waals surface area contributed by atoms with Crippen molar-refractivity contribution in [2.24, 2.45) is 0 Å². The van der Waals surface area contributed by atoms with Crippen molar-refractivity contribution in [3.05, 3.63) is 89.5 Å². The first-order chi connectivity index (χ1) is 22.5. The third-order valence-corrected chi connectivity index (χ3v) is 7.37. The normalized spacial score (nSPS) is 13.5. The molecule has 4 rings (SSSR count). The molecule has 3 N–H and O–H groups in total. The average molecular weight is 647 g/mol. The standard InChI is InChI=1S/C34H34N2O11/c1-19(37)46-30(31(33(41)42)47-20(2)38)32(40)35-22-14-12-21(13-15-22)16-23(17-29(39)44-3)36-34(43)45-18-28-26-10-6-4-8-24(26)25-9-5-7-11-27(25)28/h4-15,23,28,30-31H,16-18H2,1-3H3,(H,35,40)(H,36,43)(H,41,42)/t23?,30-,31-/m1/s1. The first kappa shape index (κ1) is 34.2. The van der Waals surface area contributed by atoms with E-state index in [1.165, 1.54) is 19.2 Å². The lowest BCUT2D eigenvalue weighted by Crippen LogP contribution is -2.47. The van der Waals surface area contributed by atoms with Crippen LogP contribution in [0.2, 0.25) is 0 Å². The molecule has 0 aliphatic heterocycles. The third kappa shape index (κ3) is 8.93. The Morgan fingerprint density at radius 1 is 0.787 bits per heavy atom. The Labute approximate surface area is 270 Å². The highest BCUT2D eigenvalue weighted by molar-refractivity contribution is 5.99. The predicted octanol–water partition coefficient (Wildman–Crippen LogP) is 3.59. The van der Waals surface area contributed by atoms with Crippen molar-refractivity contribution in [1.82, 2.24) is 5.32 Å². The summed E-state index contributed by atoms with van der Waals surface area (Å²) in [6.45, 7) is 2.02. The van der Waals surface area contributed by atoms with Gasteiger partial charge in [-0.25, -0.2) is 9.59 Å². The first-order valence-corrected chi connectivity index (χ1v) is 14.6. The van der Waals surface area contributed by atoms with Gasteiger partial charge < -0.3 is 34.7 Å². The fourth-order valence-electron chi connectivity index (χ4n) is 5.34. The monoisotopic (exact) mass is 646 g/mol. The van der Waals surface area contributed by atoms with Gasteiger partial charge in [-0.3, -0.25) is 19.2 Å². The summed E-state index contributed by atoms with van der Waals surface area (Å²) in [5, 5.41) is 14.6. The zero-order chi connectivity index (χ0) is 34.1. The Hall–Kier alpha value is -5.72. The van der Waals surface area contributed by atoms with E-state index in [1.54, 1.807) is 12.1 Å². The van der Waals surface area contributed by atoms with Crippen molar-refractivity contribution in [3.63, 3.8) is 0 Å². The largest absolute Gasteiger partial charge is 0.478 e. The number of carboxylic acids is 1. The van der Waals surface area contributed by atoms with Crippen LogP contribution in [-0.2, 0) is 49.3 Å². The highest BCUT2D eigenvalue weighted by Gasteiger charge is 2.39. The highest BCUT2D eigenvalue weighted by atomic mass is 16.6. The number of hydrogen-bond acceptors (Lipinski definition) is 10. The van der Waals surface area contributed by atoms with E-state index >= 15 is 0 Å². The fourth-order valence-corrected chi connectivity index (χ4v) is 5.34. The fraction of sp³-hybridized carbons (Fsp3) is 0.294. The van der Waals surface area contributed by atoms with Crippen LogP contribution in [0.15, 0.2) is 72.8 Å². The molecule has 0 spiro atoms. The minimum Gasteiger partial charge on any atom is -0.478 e. The van der Waals surface area contributed by atoms with Crippen LogP contribution in [-0.4, -0.2) is 73.0 Å². The molecule has 0 aromatic heterocycles. The molecule has 0 bridgehead atoms. The lowest BCUT2D eigenvalue weighted by atomic mass is 9.98. The van der Waals surface area contributed by atoms with Crippen LogP contribution in [0.3, 0.4) is 0 Å². The van der Waals surface area contributed by atoms with Crippen molar-refractivity contribution < 1.29 is 52.8 Å². The minimum absolute atomic E-state index is 0.0910. The van der Waals surface area contributed by atoms with Gasteiger partial charge in [0.1, 0.15) is 6.61 Å². The molecule has 0 saturated carbocycles. The van der Waals surface area contributed by atoms with E-state index < -0.39 is 54.1 Å². The average Bonchev–Trinajstić information content (AvgIpc) is 3.35. The number of anilines is 1. The summed E-state index contributed by atoms with van der Waals surface area (Å²) in [5.41, 5.74) is 5.17.